The van der Waals surface area contributed by atoms with Gasteiger partial charge in [0.1, 0.15) is 0 Å². The van der Waals surface area contributed by atoms with Crippen LogP contribution in [0.25, 0.3) is 11.0 Å². The fourth-order valence-corrected chi connectivity index (χ4v) is 4.60. The Kier molecular flexibility index (Phi) is 4.21. The van der Waals surface area contributed by atoms with Gasteiger partial charge in [-0.2, -0.15) is 5.10 Å². The van der Waals surface area contributed by atoms with E-state index in [1.54, 1.807) is 17.5 Å². The Labute approximate surface area is 162 Å². The van der Waals surface area contributed by atoms with E-state index >= 15 is 0 Å². The van der Waals surface area contributed by atoms with Crippen LogP contribution >= 0.6 is 11.3 Å². The monoisotopic (exact) mass is 381 g/mol. The van der Waals surface area contributed by atoms with Gasteiger partial charge < -0.3 is 4.90 Å². The van der Waals surface area contributed by atoms with Gasteiger partial charge in [-0.3, -0.25) is 9.69 Å². The normalized spacial score (nSPS) is 18.3. The first kappa shape index (κ1) is 16.9. The summed E-state index contributed by atoms with van der Waals surface area (Å²) in [6.45, 7) is 6.22. The van der Waals surface area contributed by atoms with E-state index in [9.17, 15) is 4.79 Å². The molecule has 4 heterocycles. The minimum absolute atomic E-state index is 0.108. The lowest BCUT2D eigenvalue weighted by atomic mass is 10.1. The summed E-state index contributed by atoms with van der Waals surface area (Å²) in [5.74, 6) is 0.108. The summed E-state index contributed by atoms with van der Waals surface area (Å²) in [4.78, 5) is 23.6. The average Bonchev–Trinajstić information content (AvgIpc) is 3.27. The number of thiophene rings is 1. The third-order valence-electron chi connectivity index (χ3n) is 5.52. The van der Waals surface area contributed by atoms with E-state index in [2.05, 4.69) is 26.4 Å². The molecular weight excluding hydrogens is 358 g/mol. The number of aromatic nitrogens is 3. The van der Waals surface area contributed by atoms with Crippen molar-refractivity contribution in [1.29, 1.82) is 0 Å². The van der Waals surface area contributed by atoms with Gasteiger partial charge in [-0.1, -0.05) is 6.07 Å². The highest BCUT2D eigenvalue weighted by Gasteiger charge is 2.33. The highest BCUT2D eigenvalue weighted by molar-refractivity contribution is 7.09. The molecular formula is C20H23N5OS. The Hall–Kier alpha value is -2.25. The smallest absolute Gasteiger partial charge is 0.254 e. The van der Waals surface area contributed by atoms with Crippen LogP contribution in [0, 0.1) is 6.92 Å². The maximum absolute atomic E-state index is 13.2. The summed E-state index contributed by atoms with van der Waals surface area (Å²) < 4.78 is 1.90. The van der Waals surface area contributed by atoms with Crippen LogP contribution in [-0.2, 0) is 6.54 Å². The second-order valence-electron chi connectivity index (χ2n) is 7.49. The SMILES string of the molecule is Cc1cc(C(=O)N2CCN(C3CC3)CC2)c2cnn(Cc3cccs3)c2n1. The molecule has 1 aliphatic carbocycles. The van der Waals surface area contributed by atoms with E-state index in [-0.39, 0.29) is 5.91 Å². The largest absolute Gasteiger partial charge is 0.336 e. The lowest BCUT2D eigenvalue weighted by Gasteiger charge is -2.35. The second-order valence-corrected chi connectivity index (χ2v) is 8.52. The van der Waals surface area contributed by atoms with Gasteiger partial charge in [0, 0.05) is 42.8 Å². The van der Waals surface area contributed by atoms with Gasteiger partial charge >= 0.3 is 0 Å². The van der Waals surface area contributed by atoms with E-state index < -0.39 is 0 Å². The number of rotatable bonds is 4. The molecule has 1 saturated heterocycles. The predicted molar refractivity (Wildman–Crippen MR) is 106 cm³/mol. The number of pyridine rings is 1. The lowest BCUT2D eigenvalue weighted by molar-refractivity contribution is 0.0629. The number of aryl methyl sites for hydroxylation is 1. The molecule has 3 aromatic heterocycles. The zero-order valence-corrected chi connectivity index (χ0v) is 16.3. The van der Waals surface area contributed by atoms with E-state index in [1.807, 2.05) is 28.6 Å². The van der Waals surface area contributed by atoms with Crippen LogP contribution in [0.3, 0.4) is 0 Å². The number of fused-ring (bicyclic) bond motifs is 1. The molecule has 1 saturated carbocycles. The van der Waals surface area contributed by atoms with Crippen molar-refractivity contribution >= 4 is 28.3 Å². The van der Waals surface area contributed by atoms with E-state index in [0.717, 1.165) is 54.5 Å². The number of nitrogens with zero attached hydrogens (tertiary/aromatic N) is 5. The summed E-state index contributed by atoms with van der Waals surface area (Å²) in [5, 5.41) is 7.44. The number of carbonyl (C=O) groups is 1. The molecule has 0 bridgehead atoms. The molecule has 0 spiro atoms. The summed E-state index contributed by atoms with van der Waals surface area (Å²) in [5.41, 5.74) is 2.38. The summed E-state index contributed by atoms with van der Waals surface area (Å²) >= 11 is 1.71. The molecule has 0 radical (unpaired) electrons. The van der Waals surface area contributed by atoms with Crippen LogP contribution in [0.5, 0.6) is 0 Å². The van der Waals surface area contributed by atoms with Crippen molar-refractivity contribution in [3.05, 3.63) is 45.9 Å². The summed E-state index contributed by atoms with van der Waals surface area (Å²) in [6, 6.07) is 6.82. The first-order valence-electron chi connectivity index (χ1n) is 9.58. The second kappa shape index (κ2) is 6.73. The lowest BCUT2D eigenvalue weighted by Crippen LogP contribution is -2.49. The highest BCUT2D eigenvalue weighted by atomic mass is 32.1. The van der Waals surface area contributed by atoms with Crippen molar-refractivity contribution < 1.29 is 4.79 Å². The molecule has 5 rings (SSSR count). The highest BCUT2D eigenvalue weighted by Crippen LogP contribution is 2.28. The topological polar surface area (TPSA) is 54.3 Å². The van der Waals surface area contributed by atoms with E-state index in [4.69, 9.17) is 0 Å². The summed E-state index contributed by atoms with van der Waals surface area (Å²) in [6.07, 6.45) is 4.44. The van der Waals surface area contributed by atoms with Crippen LogP contribution in [0.1, 0.15) is 33.8 Å². The fraction of sp³-hybridized carbons (Fsp3) is 0.450. The third kappa shape index (κ3) is 3.26. The first-order valence-corrected chi connectivity index (χ1v) is 10.5. The molecule has 3 aromatic rings. The standard InChI is InChI=1S/C20H23N5OS/c1-14-11-17(20(26)24-8-6-23(7-9-24)15-4-5-15)18-12-21-25(19(18)22-14)13-16-3-2-10-27-16/h2-3,10-12,15H,4-9,13H2,1H3. The number of carbonyl (C=O) groups excluding carboxylic acids is 1. The molecule has 0 N–H and O–H groups in total. The number of piperazine rings is 1. The maximum atomic E-state index is 13.2. The Balaban J connectivity index is 1.42. The molecule has 1 aliphatic heterocycles. The predicted octanol–water partition coefficient (Wildman–Crippen LogP) is 2.77. The van der Waals surface area contributed by atoms with Crippen LogP contribution in [0.2, 0.25) is 0 Å². The van der Waals surface area contributed by atoms with Gasteiger partial charge in [0.15, 0.2) is 5.65 Å². The van der Waals surface area contributed by atoms with Gasteiger partial charge in [0.05, 0.1) is 23.7 Å². The molecule has 2 aliphatic rings. The quantitative estimate of drug-likeness (QED) is 0.697. The van der Waals surface area contributed by atoms with Crippen LogP contribution in [0.4, 0.5) is 0 Å². The Bertz CT molecular complexity index is 968. The van der Waals surface area contributed by atoms with Gasteiger partial charge in [-0.05, 0) is 37.3 Å². The molecule has 27 heavy (non-hydrogen) atoms. The molecule has 0 unspecified atom stereocenters. The summed E-state index contributed by atoms with van der Waals surface area (Å²) in [7, 11) is 0. The minimum atomic E-state index is 0.108. The Morgan fingerprint density at radius 2 is 2.07 bits per heavy atom. The van der Waals surface area contributed by atoms with Crippen molar-refractivity contribution in [1.82, 2.24) is 24.6 Å². The van der Waals surface area contributed by atoms with Crippen LogP contribution < -0.4 is 0 Å². The van der Waals surface area contributed by atoms with Crippen molar-refractivity contribution in [3.63, 3.8) is 0 Å². The number of hydrogen-bond acceptors (Lipinski definition) is 5. The Morgan fingerprint density at radius 1 is 1.26 bits per heavy atom. The minimum Gasteiger partial charge on any atom is -0.336 e. The Morgan fingerprint density at radius 3 is 2.78 bits per heavy atom. The van der Waals surface area contributed by atoms with Gasteiger partial charge in [0.25, 0.3) is 5.91 Å². The fourth-order valence-electron chi connectivity index (χ4n) is 3.92. The van der Waals surface area contributed by atoms with Crippen LogP contribution in [-0.4, -0.2) is 62.7 Å². The van der Waals surface area contributed by atoms with Gasteiger partial charge in [-0.15, -0.1) is 11.3 Å². The average molecular weight is 382 g/mol. The molecule has 0 atom stereocenters. The zero-order chi connectivity index (χ0) is 18.4. The van der Waals surface area contributed by atoms with E-state index in [1.165, 1.54) is 17.7 Å². The zero-order valence-electron chi connectivity index (χ0n) is 15.5. The first-order chi connectivity index (χ1) is 13.2. The number of amides is 1. The van der Waals surface area contributed by atoms with Gasteiger partial charge in [0.2, 0.25) is 0 Å². The van der Waals surface area contributed by atoms with Crippen molar-refractivity contribution in [2.75, 3.05) is 26.2 Å². The van der Waals surface area contributed by atoms with Crippen molar-refractivity contribution in [2.24, 2.45) is 0 Å². The van der Waals surface area contributed by atoms with Crippen molar-refractivity contribution in [3.8, 4) is 0 Å². The molecule has 7 heteroatoms. The molecule has 2 fully saturated rings. The molecule has 140 valence electrons. The molecule has 6 nitrogen and oxygen atoms in total. The third-order valence-corrected chi connectivity index (χ3v) is 6.38. The van der Waals surface area contributed by atoms with E-state index in [0.29, 0.717) is 6.54 Å². The molecule has 0 aromatic carbocycles. The van der Waals surface area contributed by atoms with Gasteiger partial charge in [-0.25, -0.2) is 9.67 Å². The van der Waals surface area contributed by atoms with Crippen molar-refractivity contribution in [2.45, 2.75) is 32.4 Å². The number of hydrogen-bond donors (Lipinski definition) is 0. The maximum Gasteiger partial charge on any atom is 0.254 e. The van der Waals surface area contributed by atoms with Crippen LogP contribution in [0.15, 0.2) is 29.8 Å². The molecule has 1 amide bonds.